The quantitative estimate of drug-likeness (QED) is 0.367. The van der Waals surface area contributed by atoms with E-state index in [2.05, 4.69) is 47.8 Å². The van der Waals surface area contributed by atoms with Crippen molar-refractivity contribution < 1.29 is 9.59 Å². The number of amides is 2. The third kappa shape index (κ3) is 4.50. The summed E-state index contributed by atoms with van der Waals surface area (Å²) in [6.45, 7) is 12.9. The molecule has 0 radical (unpaired) electrons. The number of aryl methyl sites for hydroxylation is 1. The summed E-state index contributed by atoms with van der Waals surface area (Å²) in [6, 6.07) is 14.1. The number of allylic oxidation sites excluding steroid dienone is 1. The van der Waals surface area contributed by atoms with Gasteiger partial charge in [-0.15, -0.1) is 0 Å². The molecule has 5 rings (SSSR count). The molecular formula is C31H35N3O2. The van der Waals surface area contributed by atoms with Crippen molar-refractivity contribution in [1.82, 2.24) is 15.2 Å². The van der Waals surface area contributed by atoms with E-state index in [1.807, 2.05) is 49.5 Å². The predicted molar refractivity (Wildman–Crippen MR) is 146 cm³/mol. The van der Waals surface area contributed by atoms with E-state index in [9.17, 15) is 9.59 Å². The second kappa shape index (κ2) is 9.81. The van der Waals surface area contributed by atoms with Crippen molar-refractivity contribution in [1.29, 1.82) is 0 Å². The number of hydrogen-bond acceptors (Lipinski definition) is 3. The van der Waals surface area contributed by atoms with Gasteiger partial charge in [0.15, 0.2) is 0 Å². The van der Waals surface area contributed by atoms with E-state index in [1.54, 1.807) is 0 Å². The number of carbonyl (C=O) groups is 2. The fourth-order valence-electron chi connectivity index (χ4n) is 5.54. The molecular weight excluding hydrogens is 446 g/mol. The molecule has 186 valence electrons. The zero-order chi connectivity index (χ0) is 25.4. The second-order valence-electron chi connectivity index (χ2n) is 10.3. The van der Waals surface area contributed by atoms with E-state index in [-0.39, 0.29) is 11.8 Å². The van der Waals surface area contributed by atoms with Crippen LogP contribution >= 0.6 is 0 Å². The van der Waals surface area contributed by atoms with Gasteiger partial charge in [0, 0.05) is 35.9 Å². The zero-order valence-corrected chi connectivity index (χ0v) is 21.4. The highest BCUT2D eigenvalue weighted by molar-refractivity contribution is 6.14. The first kappa shape index (κ1) is 24.1. The van der Waals surface area contributed by atoms with Gasteiger partial charge in [-0.2, -0.15) is 0 Å². The summed E-state index contributed by atoms with van der Waals surface area (Å²) in [4.78, 5) is 32.0. The minimum absolute atomic E-state index is 0.267. The summed E-state index contributed by atoms with van der Waals surface area (Å²) in [7, 11) is 0. The van der Waals surface area contributed by atoms with Crippen LogP contribution in [0.2, 0.25) is 0 Å². The van der Waals surface area contributed by atoms with E-state index in [0.29, 0.717) is 5.57 Å². The molecule has 2 unspecified atom stereocenters. The molecule has 1 aliphatic carbocycles. The Labute approximate surface area is 213 Å². The average molecular weight is 482 g/mol. The number of H-pyrrole nitrogens is 1. The number of benzene rings is 2. The van der Waals surface area contributed by atoms with Crippen LogP contribution in [0.3, 0.4) is 0 Å². The lowest BCUT2D eigenvalue weighted by atomic mass is 9.79. The molecule has 36 heavy (non-hydrogen) atoms. The number of aromatic nitrogens is 1. The number of para-hydroxylation sites is 1. The van der Waals surface area contributed by atoms with Crippen LogP contribution in [0.5, 0.6) is 0 Å². The van der Waals surface area contributed by atoms with Gasteiger partial charge in [-0.3, -0.25) is 14.9 Å². The summed E-state index contributed by atoms with van der Waals surface area (Å²) in [5.74, 6) is -1.03. The van der Waals surface area contributed by atoms with Crippen LogP contribution < -0.4 is 5.32 Å². The van der Waals surface area contributed by atoms with Crippen molar-refractivity contribution in [3.8, 4) is 0 Å². The lowest BCUT2D eigenvalue weighted by molar-refractivity contribution is -0.125. The molecule has 1 aromatic heterocycles. The van der Waals surface area contributed by atoms with Gasteiger partial charge < -0.3 is 9.88 Å². The van der Waals surface area contributed by atoms with Crippen LogP contribution in [0, 0.1) is 18.8 Å². The molecule has 1 saturated heterocycles. The lowest BCUT2D eigenvalue weighted by Gasteiger charge is -2.26. The van der Waals surface area contributed by atoms with Crippen LogP contribution in [0.1, 0.15) is 61.3 Å². The first-order valence-electron chi connectivity index (χ1n) is 13.0. The van der Waals surface area contributed by atoms with Crippen molar-refractivity contribution >= 4 is 34.4 Å². The first-order valence-corrected chi connectivity index (χ1v) is 13.0. The minimum atomic E-state index is -0.662. The summed E-state index contributed by atoms with van der Waals surface area (Å²) < 4.78 is 0. The maximum atomic E-state index is 13.1. The maximum Gasteiger partial charge on any atom is 0.235 e. The number of fused-ring (bicyclic) bond motifs is 1. The monoisotopic (exact) mass is 481 g/mol. The van der Waals surface area contributed by atoms with Gasteiger partial charge in [0.05, 0.1) is 11.8 Å². The fourth-order valence-corrected chi connectivity index (χ4v) is 5.54. The Morgan fingerprint density at radius 1 is 1.11 bits per heavy atom. The van der Waals surface area contributed by atoms with Crippen molar-refractivity contribution in [3.63, 3.8) is 0 Å². The van der Waals surface area contributed by atoms with Gasteiger partial charge in [-0.1, -0.05) is 56.0 Å². The summed E-state index contributed by atoms with van der Waals surface area (Å²) in [5.41, 5.74) is 6.77. The largest absolute Gasteiger partial charge is 0.375 e. The smallest absolute Gasteiger partial charge is 0.235 e. The van der Waals surface area contributed by atoms with E-state index < -0.39 is 11.8 Å². The van der Waals surface area contributed by atoms with Crippen molar-refractivity contribution in [2.75, 3.05) is 13.1 Å². The van der Waals surface area contributed by atoms with Crippen LogP contribution in [-0.2, 0) is 9.59 Å². The molecule has 2 N–H and O–H groups in total. The molecule has 2 atom stereocenters. The Bertz CT molecular complexity index is 1360. The number of nitrogens with one attached hydrogen (secondary N) is 2. The Balaban J connectivity index is 1.51. The highest BCUT2D eigenvalue weighted by Gasteiger charge is 2.45. The summed E-state index contributed by atoms with van der Waals surface area (Å²) >= 11 is 0. The molecule has 2 heterocycles. The molecule has 3 aromatic rings. The third-order valence-corrected chi connectivity index (χ3v) is 7.65. The normalized spacial score (nSPS) is 20.1. The van der Waals surface area contributed by atoms with Crippen molar-refractivity contribution in [2.45, 2.75) is 46.0 Å². The SMILES string of the molecule is C=C(c1ccccc1/C=C(\C)N(CCC)CC1CC1)C1C(=O)NC(=O)C1c1c[nH]c2c(C)cccc12. The van der Waals surface area contributed by atoms with Gasteiger partial charge in [0.25, 0.3) is 0 Å². The van der Waals surface area contributed by atoms with Gasteiger partial charge in [-0.05, 0) is 72.9 Å². The van der Waals surface area contributed by atoms with E-state index in [4.69, 9.17) is 0 Å². The van der Waals surface area contributed by atoms with Crippen LogP contribution in [0.4, 0.5) is 0 Å². The highest BCUT2D eigenvalue weighted by Crippen LogP contribution is 2.42. The van der Waals surface area contributed by atoms with Crippen LogP contribution in [0.25, 0.3) is 22.6 Å². The number of imide groups is 1. The maximum absolute atomic E-state index is 13.1. The van der Waals surface area contributed by atoms with Gasteiger partial charge in [0.2, 0.25) is 11.8 Å². The van der Waals surface area contributed by atoms with E-state index in [0.717, 1.165) is 58.6 Å². The molecule has 2 amide bonds. The number of nitrogens with zero attached hydrogens (tertiary/aromatic N) is 1. The Hall–Kier alpha value is -3.60. The highest BCUT2D eigenvalue weighted by atomic mass is 16.2. The van der Waals surface area contributed by atoms with Crippen LogP contribution in [-0.4, -0.2) is 34.8 Å². The Morgan fingerprint density at radius 3 is 2.64 bits per heavy atom. The molecule has 0 spiro atoms. The summed E-state index contributed by atoms with van der Waals surface area (Å²) in [5, 5.41) is 3.56. The minimum Gasteiger partial charge on any atom is -0.375 e. The van der Waals surface area contributed by atoms with Gasteiger partial charge in [-0.25, -0.2) is 0 Å². The number of rotatable bonds is 9. The van der Waals surface area contributed by atoms with Crippen molar-refractivity contribution in [2.24, 2.45) is 11.8 Å². The standard InChI is InChI=1S/C31H35N3O2/c1-5-15-34(18-22-13-14-22)20(3)16-23-10-6-7-11-24(23)21(4)27-28(31(36)33-30(27)35)26-17-32-29-19(2)9-8-12-25(26)29/h6-12,16-17,22,27-28,32H,4-5,13-15,18H2,1-3H3,(H,33,35,36)/b20-16+. The van der Waals surface area contributed by atoms with Crippen molar-refractivity contribution in [3.05, 3.63) is 83.2 Å². The van der Waals surface area contributed by atoms with E-state index in [1.165, 1.54) is 18.5 Å². The van der Waals surface area contributed by atoms with Gasteiger partial charge in [0.1, 0.15) is 0 Å². The average Bonchev–Trinajstić information content (AvgIpc) is 3.49. The molecule has 1 saturated carbocycles. The lowest BCUT2D eigenvalue weighted by Crippen LogP contribution is -2.25. The molecule has 2 aromatic carbocycles. The molecule has 0 bridgehead atoms. The second-order valence-corrected chi connectivity index (χ2v) is 10.3. The molecule has 5 heteroatoms. The zero-order valence-electron chi connectivity index (χ0n) is 21.4. The molecule has 5 nitrogen and oxygen atoms in total. The van der Waals surface area contributed by atoms with E-state index >= 15 is 0 Å². The molecule has 1 aliphatic heterocycles. The first-order chi connectivity index (χ1) is 17.4. The third-order valence-electron chi connectivity index (χ3n) is 7.65. The Kier molecular flexibility index (Phi) is 6.57. The molecule has 2 fully saturated rings. The Morgan fingerprint density at radius 2 is 1.89 bits per heavy atom. The number of aromatic amines is 1. The van der Waals surface area contributed by atoms with Gasteiger partial charge >= 0.3 is 0 Å². The van der Waals surface area contributed by atoms with Crippen LogP contribution in [0.15, 0.2) is 60.9 Å². The topological polar surface area (TPSA) is 65.2 Å². The number of carbonyl (C=O) groups excluding carboxylic acids is 2. The number of hydrogen-bond donors (Lipinski definition) is 2. The predicted octanol–water partition coefficient (Wildman–Crippen LogP) is 6.03. The molecule has 2 aliphatic rings. The fraction of sp³-hybridized carbons (Fsp3) is 0.355. The summed E-state index contributed by atoms with van der Waals surface area (Å²) in [6.07, 6.45) is 7.82.